The fourth-order valence-electron chi connectivity index (χ4n) is 8.46. The fourth-order valence-corrected chi connectivity index (χ4v) is 14.5. The number of ketones is 2. The molecule has 3 aliphatic rings. The average molecular weight is 1310 g/mol. The Bertz CT molecular complexity index is 3570. The van der Waals surface area contributed by atoms with Crippen molar-refractivity contribution in [1.82, 2.24) is 9.55 Å². The summed E-state index contributed by atoms with van der Waals surface area (Å²) in [6, 6.07) is 11.2. The Morgan fingerprint density at radius 3 is 2.14 bits per heavy atom. The Labute approximate surface area is 493 Å². The van der Waals surface area contributed by atoms with Crippen LogP contribution in [-0.4, -0.2) is 147 Å². The quantitative estimate of drug-likeness (QED) is 0.00312. The Morgan fingerprint density at radius 1 is 0.859 bits per heavy atom. The van der Waals surface area contributed by atoms with E-state index in [1.165, 1.54) is 70.2 Å². The summed E-state index contributed by atoms with van der Waals surface area (Å²) >= 11 is 0. The van der Waals surface area contributed by atoms with E-state index >= 15 is 0 Å². The van der Waals surface area contributed by atoms with Crippen molar-refractivity contribution in [2.45, 2.75) is 87.4 Å². The Hall–Kier alpha value is -4.80. The van der Waals surface area contributed by atoms with Crippen LogP contribution in [0.1, 0.15) is 84.9 Å². The van der Waals surface area contributed by atoms with Gasteiger partial charge in [0.1, 0.15) is 35.6 Å². The number of ether oxygens (including phenoxy) is 6. The van der Waals surface area contributed by atoms with Crippen LogP contribution >= 0.6 is 45.1 Å². The number of aromatic carboxylic acids is 1. The Morgan fingerprint density at radius 2 is 1.51 bits per heavy atom. The lowest BCUT2D eigenvalue weighted by Crippen LogP contribution is -2.29. The summed E-state index contributed by atoms with van der Waals surface area (Å²) in [4.78, 5) is 91.2. The zero-order valence-corrected chi connectivity index (χ0v) is 50.9. The number of hydrogen-bond acceptors (Lipinski definition) is 25. The lowest BCUT2D eigenvalue weighted by atomic mass is 9.88. The van der Waals surface area contributed by atoms with Gasteiger partial charge < -0.3 is 74.4 Å². The summed E-state index contributed by atoms with van der Waals surface area (Å²) in [7, 11) is -19.1. The van der Waals surface area contributed by atoms with Gasteiger partial charge in [0.15, 0.2) is 16.3 Å². The second kappa shape index (κ2) is 30.4. The average Bonchev–Trinajstić information content (AvgIpc) is 1.49. The number of rotatable bonds is 36. The van der Waals surface area contributed by atoms with E-state index in [2.05, 4.69) is 13.6 Å². The molecule has 30 nitrogen and oxygen atoms in total. The first kappa shape index (κ1) is 69.3. The number of fused-ring (bicyclic) bond motifs is 2. The number of aromatic nitrogens is 2. The van der Waals surface area contributed by atoms with Crippen molar-refractivity contribution < 1.29 is 112 Å². The second-order valence-corrected chi connectivity index (χ2v) is 28.1. The van der Waals surface area contributed by atoms with E-state index in [1.54, 1.807) is 13.0 Å². The van der Waals surface area contributed by atoms with Gasteiger partial charge in [-0.1, -0.05) is 33.7 Å². The molecule has 468 valence electrons. The molecule has 1 aromatic heterocycles. The van der Waals surface area contributed by atoms with Crippen molar-refractivity contribution in [3.05, 3.63) is 87.3 Å². The van der Waals surface area contributed by atoms with Crippen molar-refractivity contribution >= 4 is 95.2 Å². The maximum Gasteiger partial charge on any atom is 0.490 e. The van der Waals surface area contributed by atoms with E-state index in [4.69, 9.17) is 64.0 Å². The molecule has 3 heterocycles. The predicted molar refractivity (Wildman–Crippen MR) is 306 cm³/mol. The number of carbonyl (C=O) groups is 3. The highest BCUT2D eigenvalue weighted by molar-refractivity contribution is 8.77. The second-order valence-electron chi connectivity index (χ2n) is 19.3. The molecule has 85 heavy (non-hydrogen) atoms. The number of hydrogen-bond donors (Lipinski definition) is 9. The summed E-state index contributed by atoms with van der Waals surface area (Å²) in [5.41, 5.74) is 11.0. The van der Waals surface area contributed by atoms with Crippen molar-refractivity contribution in [2.75, 3.05) is 76.9 Å². The molecule has 0 bridgehead atoms. The molecule has 3 unspecified atom stereocenters. The molecule has 2 aliphatic heterocycles. The van der Waals surface area contributed by atoms with Gasteiger partial charge in [0.25, 0.3) is 10.1 Å². The number of carboxylic acids is 1. The van der Waals surface area contributed by atoms with E-state index in [-0.39, 0.29) is 152 Å². The molecule has 0 amide bonds. The number of carboxylic acid groups (broad SMARTS) is 1. The highest BCUT2D eigenvalue weighted by Crippen LogP contribution is 2.66. The number of nitrogens with zero attached hydrogens (tertiary/aromatic N) is 2. The number of benzene rings is 3. The third kappa shape index (κ3) is 20.6. The molecule has 6 rings (SSSR count). The first-order valence-corrected chi connectivity index (χ1v) is 33.9. The fraction of sp³-hybridized carbons (Fsp3) is 0.469. The summed E-state index contributed by atoms with van der Waals surface area (Å²) in [6.07, 6.45) is -0.505. The van der Waals surface area contributed by atoms with Crippen LogP contribution in [0.15, 0.2) is 68.8 Å². The Kier molecular flexibility index (Phi) is 24.8. The van der Waals surface area contributed by atoms with Crippen LogP contribution in [0.5, 0.6) is 0 Å². The highest BCUT2D eigenvalue weighted by Gasteiger charge is 2.44. The first-order valence-electron chi connectivity index (χ1n) is 25.6. The smallest absolute Gasteiger partial charge is 0.478 e. The van der Waals surface area contributed by atoms with E-state index < -0.39 is 79.9 Å². The SMILES string of the molecule is Cc1c2oc3c(S(=O)(=O)O)c(N)ccc3c(-c3ccc(C(=O)CCCOCCOCCOCCOCCC(=O)CCC(C)(C)SSCOC4C[C@H](n5ccc(N)nc5=O)O[C@@H]4COP(=O)(O)OP(=O)(O)OP(=O)(O)O)cc3C(=O)O)c-2ccc1=N. The number of phosphoric ester groups is 1. The van der Waals surface area contributed by atoms with Gasteiger partial charge in [0.05, 0.1) is 75.6 Å². The topological polar surface area (TPSA) is 465 Å². The van der Waals surface area contributed by atoms with Gasteiger partial charge in [-0.25, -0.2) is 23.3 Å². The molecule has 0 saturated carbocycles. The van der Waals surface area contributed by atoms with Crippen molar-refractivity contribution in [3.8, 4) is 22.5 Å². The largest absolute Gasteiger partial charge is 0.490 e. The molecule has 36 heteroatoms. The van der Waals surface area contributed by atoms with Gasteiger partial charge in [0.2, 0.25) is 0 Å². The van der Waals surface area contributed by atoms with Gasteiger partial charge in [0, 0.05) is 70.9 Å². The van der Waals surface area contributed by atoms with Gasteiger partial charge in [-0.05, 0) is 75.6 Å². The molecule has 3 aromatic rings. The maximum absolute atomic E-state index is 13.3. The maximum atomic E-state index is 13.3. The van der Waals surface area contributed by atoms with E-state index in [0.717, 1.165) is 4.57 Å². The van der Waals surface area contributed by atoms with Crippen LogP contribution in [0, 0.1) is 12.3 Å². The number of nitrogens with two attached hydrogens (primary N) is 2. The van der Waals surface area contributed by atoms with Crippen molar-refractivity contribution in [3.63, 3.8) is 0 Å². The number of Topliss-reactive ketones (excluding diaryl/α,β-unsaturated/α-hetero) is 2. The minimum absolute atomic E-state index is 0.00308. The van der Waals surface area contributed by atoms with Gasteiger partial charge >= 0.3 is 35.1 Å². The van der Waals surface area contributed by atoms with E-state index in [1.807, 2.05) is 13.8 Å². The predicted octanol–water partition coefficient (Wildman–Crippen LogP) is 6.26. The minimum atomic E-state index is -5.78. The molecule has 0 spiro atoms. The molecule has 0 radical (unpaired) electrons. The third-order valence-corrected chi connectivity index (χ3v) is 20.2. The number of anilines is 2. The molecule has 5 atom stereocenters. The van der Waals surface area contributed by atoms with E-state index in [9.17, 15) is 60.7 Å². The molecule has 1 aliphatic carbocycles. The summed E-state index contributed by atoms with van der Waals surface area (Å²) in [5, 5.41) is 18.8. The third-order valence-electron chi connectivity index (χ3n) is 12.5. The molecule has 1 fully saturated rings. The molecular weight excluding hydrogens is 1250 g/mol. The lowest BCUT2D eigenvalue weighted by molar-refractivity contribution is -0.120. The first-order chi connectivity index (χ1) is 39.8. The van der Waals surface area contributed by atoms with Crippen molar-refractivity contribution in [2.24, 2.45) is 0 Å². The number of nitrogens with one attached hydrogen (secondary N) is 1. The minimum Gasteiger partial charge on any atom is -0.478 e. The Balaban J connectivity index is 0.826. The van der Waals surface area contributed by atoms with Crippen LogP contribution in [0.25, 0.3) is 33.4 Å². The monoisotopic (exact) mass is 1310 g/mol. The zero-order valence-electron chi connectivity index (χ0n) is 45.8. The van der Waals surface area contributed by atoms with E-state index in [0.29, 0.717) is 24.0 Å². The molecule has 1 saturated heterocycles. The number of phosphoric acid groups is 3. The normalized spacial score (nSPS) is 17.3. The molecule has 2 aromatic carbocycles. The van der Waals surface area contributed by atoms with Crippen LogP contribution < -0.4 is 22.5 Å². The van der Waals surface area contributed by atoms with Gasteiger partial charge in [-0.2, -0.15) is 22.0 Å². The standard InChI is InChI=1S/C49H64N5O25P3S3/c1-29-36(50)10-8-33-43(34-9-11-37(51)46(85(67,68)69)45(34)77-44(29)33)32-7-6-30(25-35(32)47(57)58)38(56)5-4-17-70-19-21-72-23-24-73-22-20-71-18-14-31(55)12-15-49(2,3)84-83-28-74-39-26-42(54-16-13-41(52)53-48(54)59)76-40(39)27-75-81(63,64)79-82(65,66)78-80(60,61)62/h6-11,13,16,25,39-40,42,50H,4-5,12,14-15,17-24,26-28,51H2,1-3H3,(H,57,58)(H,63,64)(H,65,66)(H2,52,53,59)(H2,60,61,62)(H,67,68,69)/t39?,40-,42-/m1/s1. The van der Waals surface area contributed by atoms with Crippen LogP contribution in [0.3, 0.4) is 0 Å². The summed E-state index contributed by atoms with van der Waals surface area (Å²) in [6.45, 7) is 6.56. The lowest BCUT2D eigenvalue weighted by Gasteiger charge is -2.24. The summed E-state index contributed by atoms with van der Waals surface area (Å²) < 4.78 is 123. The van der Waals surface area contributed by atoms with Crippen LogP contribution in [0.4, 0.5) is 11.5 Å². The number of nitrogen functional groups attached to an aromatic ring is 2. The van der Waals surface area contributed by atoms with Gasteiger partial charge in [-0.3, -0.25) is 23.2 Å². The molecular formula is C49H64N5O25P3S3. The highest BCUT2D eigenvalue weighted by atomic mass is 33.1. The summed E-state index contributed by atoms with van der Waals surface area (Å²) in [5.74, 6) is -1.70. The van der Waals surface area contributed by atoms with Crippen molar-refractivity contribution in [1.29, 1.82) is 5.41 Å². The molecule has 11 N–H and O–H groups in total. The van der Waals surface area contributed by atoms with Crippen LogP contribution in [-0.2, 0) is 70.2 Å². The van der Waals surface area contributed by atoms with Gasteiger partial charge in [-0.15, -0.1) is 0 Å². The van der Waals surface area contributed by atoms with Crippen LogP contribution in [0.2, 0.25) is 0 Å². The number of carbonyl (C=O) groups excluding carboxylic acids is 2. The zero-order chi connectivity index (χ0) is 62.5.